The summed E-state index contributed by atoms with van der Waals surface area (Å²) in [5.41, 5.74) is 0.955. The summed E-state index contributed by atoms with van der Waals surface area (Å²) in [5, 5.41) is 0. The van der Waals surface area contributed by atoms with E-state index in [9.17, 15) is 13.2 Å². The summed E-state index contributed by atoms with van der Waals surface area (Å²) in [5.74, 6) is 0.848. The molecule has 0 unspecified atom stereocenters. The summed E-state index contributed by atoms with van der Waals surface area (Å²) in [7, 11) is 0.244. The van der Waals surface area contributed by atoms with Gasteiger partial charge in [-0.15, -0.1) is 0 Å². The van der Waals surface area contributed by atoms with Gasteiger partial charge in [-0.05, 0) is 6.92 Å². The van der Waals surface area contributed by atoms with E-state index in [1.165, 1.54) is 4.90 Å². The number of carbonyl (C=O) groups is 1. The number of aryl methyl sites for hydroxylation is 1. The Kier molecular flexibility index (Phi) is 4.48. The number of sulfone groups is 1. The van der Waals surface area contributed by atoms with E-state index >= 15 is 0 Å². The molecule has 0 bridgehead atoms. The highest BCUT2D eigenvalue weighted by molar-refractivity contribution is 7.91. The largest absolute Gasteiger partial charge is 0.331 e. The van der Waals surface area contributed by atoms with Crippen LogP contribution in [-0.4, -0.2) is 89.9 Å². The zero-order valence-electron chi connectivity index (χ0n) is 14.2. The molecule has 2 saturated heterocycles. The van der Waals surface area contributed by atoms with E-state index in [4.69, 9.17) is 0 Å². The molecule has 1 aromatic rings. The van der Waals surface area contributed by atoms with Gasteiger partial charge in [-0.2, -0.15) is 0 Å². The second-order valence-electron chi connectivity index (χ2n) is 6.69. The Balaban J connectivity index is 1.81. The Morgan fingerprint density at radius 2 is 1.83 bits per heavy atom. The second-order valence-corrected chi connectivity index (χ2v) is 8.84. The molecule has 2 fully saturated rings. The Morgan fingerprint density at radius 3 is 2.46 bits per heavy atom. The fourth-order valence-corrected chi connectivity index (χ4v) is 5.46. The molecular weight excluding hydrogens is 330 g/mol. The van der Waals surface area contributed by atoms with Gasteiger partial charge >= 0.3 is 6.03 Å². The maximum atomic E-state index is 12.4. The number of hydrogen-bond donors (Lipinski definition) is 0. The van der Waals surface area contributed by atoms with E-state index in [0.717, 1.165) is 5.56 Å². The number of hydrogen-bond acceptors (Lipinski definition) is 6. The minimum Gasteiger partial charge on any atom is -0.331 e. The lowest BCUT2D eigenvalue weighted by molar-refractivity contribution is 0.0519. The van der Waals surface area contributed by atoms with Crippen LogP contribution >= 0.6 is 0 Å². The predicted molar refractivity (Wildman–Crippen MR) is 89.2 cm³/mol. The molecule has 0 aliphatic carbocycles. The van der Waals surface area contributed by atoms with Crippen molar-refractivity contribution in [3.8, 4) is 0 Å². The predicted octanol–water partition coefficient (Wildman–Crippen LogP) is -0.250. The fraction of sp³-hybridized carbons (Fsp3) is 0.667. The van der Waals surface area contributed by atoms with E-state index in [2.05, 4.69) is 14.9 Å². The van der Waals surface area contributed by atoms with E-state index in [-0.39, 0.29) is 29.6 Å². The zero-order chi connectivity index (χ0) is 17.5. The van der Waals surface area contributed by atoms with Crippen LogP contribution in [0.3, 0.4) is 0 Å². The fourth-order valence-electron chi connectivity index (χ4n) is 3.45. The van der Waals surface area contributed by atoms with Gasteiger partial charge in [0, 0.05) is 57.7 Å². The molecule has 2 atom stereocenters. The molecule has 2 amide bonds. The van der Waals surface area contributed by atoms with Gasteiger partial charge in [-0.1, -0.05) is 0 Å². The van der Waals surface area contributed by atoms with E-state index in [0.29, 0.717) is 25.5 Å². The molecule has 9 heteroatoms. The van der Waals surface area contributed by atoms with Gasteiger partial charge in [0.2, 0.25) is 0 Å². The highest BCUT2D eigenvalue weighted by Gasteiger charge is 2.48. The first kappa shape index (κ1) is 17.1. The van der Waals surface area contributed by atoms with Crippen LogP contribution in [0.4, 0.5) is 4.79 Å². The minimum absolute atomic E-state index is 0.0398. The van der Waals surface area contributed by atoms with E-state index in [1.54, 1.807) is 31.4 Å². The molecule has 2 aliphatic heterocycles. The molecule has 3 heterocycles. The third kappa shape index (κ3) is 3.36. The van der Waals surface area contributed by atoms with Crippen LogP contribution in [0.1, 0.15) is 11.4 Å². The summed E-state index contributed by atoms with van der Waals surface area (Å²) in [4.78, 5) is 26.1. The molecule has 3 rings (SSSR count). The normalized spacial score (nSPS) is 26.2. The summed E-state index contributed by atoms with van der Waals surface area (Å²) in [6.45, 7) is 3.60. The Bertz CT molecular complexity index is 719. The van der Waals surface area contributed by atoms with Crippen molar-refractivity contribution >= 4 is 15.9 Å². The minimum atomic E-state index is -3.14. The Hall–Kier alpha value is -1.74. The van der Waals surface area contributed by atoms with Gasteiger partial charge in [0.1, 0.15) is 5.82 Å². The van der Waals surface area contributed by atoms with Gasteiger partial charge in [0.15, 0.2) is 9.84 Å². The van der Waals surface area contributed by atoms with Crippen LogP contribution in [-0.2, 0) is 16.4 Å². The molecule has 0 radical (unpaired) electrons. The lowest BCUT2D eigenvalue weighted by Crippen LogP contribution is -2.61. The number of carbonyl (C=O) groups excluding carboxylic acids is 1. The first-order valence-electron chi connectivity index (χ1n) is 7.97. The van der Waals surface area contributed by atoms with Crippen molar-refractivity contribution in [3.05, 3.63) is 23.8 Å². The Labute approximate surface area is 142 Å². The lowest BCUT2D eigenvalue weighted by atomic mass is 10.0. The smallest absolute Gasteiger partial charge is 0.319 e. The van der Waals surface area contributed by atoms with Gasteiger partial charge in [-0.25, -0.2) is 23.2 Å². The molecule has 1 aromatic heterocycles. The number of aromatic nitrogens is 2. The molecule has 8 nitrogen and oxygen atoms in total. The molecule has 132 valence electrons. The van der Waals surface area contributed by atoms with Crippen molar-refractivity contribution in [2.24, 2.45) is 0 Å². The molecular formula is C15H23N5O3S. The number of piperazine rings is 1. The first-order valence-corrected chi connectivity index (χ1v) is 9.79. The summed E-state index contributed by atoms with van der Waals surface area (Å²) >= 11 is 0. The van der Waals surface area contributed by atoms with Crippen LogP contribution in [0.5, 0.6) is 0 Å². The first-order chi connectivity index (χ1) is 11.3. The third-order valence-corrected chi connectivity index (χ3v) is 6.34. The highest BCUT2D eigenvalue weighted by Crippen LogP contribution is 2.28. The maximum absolute atomic E-state index is 12.4. The maximum Gasteiger partial charge on any atom is 0.319 e. The molecule has 24 heavy (non-hydrogen) atoms. The summed E-state index contributed by atoms with van der Waals surface area (Å²) in [6, 6.07) is -0.584. The molecule has 0 saturated carbocycles. The topological polar surface area (TPSA) is 86.7 Å². The zero-order valence-corrected chi connectivity index (χ0v) is 15.0. The van der Waals surface area contributed by atoms with Crippen molar-refractivity contribution in [2.75, 3.05) is 38.7 Å². The number of nitrogens with zero attached hydrogens (tertiary/aromatic N) is 5. The molecule has 0 N–H and O–H groups in total. The van der Waals surface area contributed by atoms with E-state index in [1.807, 2.05) is 6.92 Å². The molecule has 2 aliphatic rings. The highest BCUT2D eigenvalue weighted by atomic mass is 32.2. The second kappa shape index (κ2) is 6.29. The number of rotatable bonds is 2. The van der Waals surface area contributed by atoms with Crippen molar-refractivity contribution in [3.63, 3.8) is 0 Å². The average molecular weight is 353 g/mol. The lowest BCUT2D eigenvalue weighted by Gasteiger charge is -2.44. The van der Waals surface area contributed by atoms with Gasteiger partial charge in [-0.3, -0.25) is 4.90 Å². The van der Waals surface area contributed by atoms with Crippen LogP contribution in [0.25, 0.3) is 0 Å². The number of urea groups is 1. The van der Waals surface area contributed by atoms with Gasteiger partial charge < -0.3 is 9.80 Å². The van der Waals surface area contributed by atoms with Crippen molar-refractivity contribution in [1.82, 2.24) is 24.7 Å². The molecule has 0 spiro atoms. The molecule has 0 aromatic carbocycles. The van der Waals surface area contributed by atoms with Crippen molar-refractivity contribution in [2.45, 2.75) is 25.6 Å². The van der Waals surface area contributed by atoms with Gasteiger partial charge in [0.05, 0.1) is 17.5 Å². The SMILES string of the molecule is Cc1ncc(CN2CCN(C(=O)N(C)C)[C@H]3CS(=O)(=O)C[C@H]32)cn1. The summed E-state index contributed by atoms with van der Waals surface area (Å²) in [6.07, 6.45) is 3.55. The quantitative estimate of drug-likeness (QED) is 0.729. The van der Waals surface area contributed by atoms with Crippen LogP contribution in [0, 0.1) is 6.92 Å². The monoisotopic (exact) mass is 353 g/mol. The van der Waals surface area contributed by atoms with Crippen molar-refractivity contribution < 1.29 is 13.2 Å². The average Bonchev–Trinajstić information content (AvgIpc) is 2.84. The van der Waals surface area contributed by atoms with E-state index < -0.39 is 9.84 Å². The van der Waals surface area contributed by atoms with Crippen molar-refractivity contribution in [1.29, 1.82) is 0 Å². The van der Waals surface area contributed by atoms with Crippen LogP contribution in [0.2, 0.25) is 0 Å². The number of amides is 2. The standard InChI is InChI=1S/C15H23N5O3S/c1-11-16-6-12(7-17-11)8-19-4-5-20(15(21)18(2)3)14-10-24(22,23)9-13(14)19/h6-7,13-14H,4-5,8-10H2,1-3H3/t13-,14+/m1/s1. The third-order valence-electron chi connectivity index (χ3n) is 4.64. The van der Waals surface area contributed by atoms with Crippen LogP contribution in [0.15, 0.2) is 12.4 Å². The Morgan fingerprint density at radius 1 is 1.21 bits per heavy atom. The number of fused-ring (bicyclic) bond motifs is 1. The summed E-state index contributed by atoms with van der Waals surface area (Å²) < 4.78 is 24.3. The van der Waals surface area contributed by atoms with Crippen LogP contribution < -0.4 is 0 Å². The van der Waals surface area contributed by atoms with Gasteiger partial charge in [0.25, 0.3) is 0 Å².